The van der Waals surface area contributed by atoms with Gasteiger partial charge in [0.1, 0.15) is 12.4 Å². The molecular formula is C26H33N2O4+. The minimum Gasteiger partial charge on any atom is -0.497 e. The zero-order valence-corrected chi connectivity index (χ0v) is 19.3. The SMILES string of the molecule is COc1cc(C)c(NC(=O)C2([N+]3(CC(=O)OCc4ccccc4)CCCC3)CC2)c(C)c1. The van der Waals surface area contributed by atoms with Crippen molar-refractivity contribution in [1.29, 1.82) is 0 Å². The second-order valence-electron chi connectivity index (χ2n) is 9.23. The van der Waals surface area contributed by atoms with E-state index in [4.69, 9.17) is 9.47 Å². The second-order valence-corrected chi connectivity index (χ2v) is 9.23. The van der Waals surface area contributed by atoms with E-state index in [1.807, 2.05) is 56.3 Å². The fourth-order valence-electron chi connectivity index (χ4n) is 5.21. The quantitative estimate of drug-likeness (QED) is 0.498. The summed E-state index contributed by atoms with van der Waals surface area (Å²) in [5.74, 6) is 0.571. The smallest absolute Gasteiger partial charge is 0.362 e. The molecule has 1 aliphatic heterocycles. The molecule has 32 heavy (non-hydrogen) atoms. The van der Waals surface area contributed by atoms with Crippen LogP contribution in [0.15, 0.2) is 42.5 Å². The normalized spacial score (nSPS) is 18.1. The first kappa shape index (κ1) is 22.3. The number of nitrogens with one attached hydrogen (secondary N) is 1. The zero-order chi connectivity index (χ0) is 22.8. The highest BCUT2D eigenvalue weighted by molar-refractivity contribution is 6.00. The lowest BCUT2D eigenvalue weighted by Gasteiger charge is -2.40. The largest absolute Gasteiger partial charge is 0.497 e. The lowest BCUT2D eigenvalue weighted by Crippen LogP contribution is -2.62. The number of methoxy groups -OCH3 is 1. The molecule has 2 aromatic carbocycles. The summed E-state index contributed by atoms with van der Waals surface area (Å²) in [5, 5.41) is 3.20. The molecule has 6 nitrogen and oxygen atoms in total. The number of quaternary nitrogens is 1. The summed E-state index contributed by atoms with van der Waals surface area (Å²) >= 11 is 0. The van der Waals surface area contributed by atoms with E-state index in [1.54, 1.807) is 7.11 Å². The van der Waals surface area contributed by atoms with Gasteiger partial charge in [0.2, 0.25) is 0 Å². The lowest BCUT2D eigenvalue weighted by molar-refractivity contribution is -0.934. The third kappa shape index (κ3) is 4.24. The second kappa shape index (κ2) is 8.94. The number of carbonyl (C=O) groups is 2. The van der Waals surface area contributed by atoms with Gasteiger partial charge in [-0.3, -0.25) is 4.79 Å². The number of carbonyl (C=O) groups excluding carboxylic acids is 2. The van der Waals surface area contributed by atoms with Crippen molar-refractivity contribution >= 4 is 17.6 Å². The Balaban J connectivity index is 1.49. The first-order valence-electron chi connectivity index (χ1n) is 11.4. The Morgan fingerprint density at radius 1 is 1.03 bits per heavy atom. The number of benzene rings is 2. The Morgan fingerprint density at radius 2 is 1.66 bits per heavy atom. The number of aryl methyl sites for hydroxylation is 2. The maximum absolute atomic E-state index is 13.6. The Kier molecular flexibility index (Phi) is 6.24. The van der Waals surface area contributed by atoms with E-state index >= 15 is 0 Å². The van der Waals surface area contributed by atoms with Crippen molar-refractivity contribution in [2.75, 3.05) is 32.1 Å². The van der Waals surface area contributed by atoms with Crippen molar-refractivity contribution in [1.82, 2.24) is 0 Å². The molecule has 6 heteroatoms. The molecule has 1 saturated heterocycles. The van der Waals surface area contributed by atoms with E-state index in [1.165, 1.54) is 0 Å². The van der Waals surface area contributed by atoms with Crippen molar-refractivity contribution in [2.45, 2.75) is 51.7 Å². The third-order valence-electron chi connectivity index (χ3n) is 7.13. The van der Waals surface area contributed by atoms with E-state index < -0.39 is 5.54 Å². The van der Waals surface area contributed by atoms with Gasteiger partial charge in [-0.2, -0.15) is 0 Å². The summed E-state index contributed by atoms with van der Waals surface area (Å²) in [7, 11) is 1.64. The number of rotatable bonds is 8. The van der Waals surface area contributed by atoms with E-state index in [9.17, 15) is 9.59 Å². The molecule has 2 fully saturated rings. The highest BCUT2D eigenvalue weighted by atomic mass is 16.5. The van der Waals surface area contributed by atoms with Crippen LogP contribution in [0.5, 0.6) is 5.75 Å². The molecule has 4 rings (SSSR count). The highest BCUT2D eigenvalue weighted by Gasteiger charge is 2.67. The molecule has 170 valence electrons. The fraction of sp³-hybridized carbons (Fsp3) is 0.462. The van der Waals surface area contributed by atoms with Crippen molar-refractivity contribution in [3.05, 3.63) is 59.2 Å². The number of amides is 1. The third-order valence-corrected chi connectivity index (χ3v) is 7.13. The monoisotopic (exact) mass is 437 g/mol. The van der Waals surface area contributed by atoms with Crippen LogP contribution < -0.4 is 10.1 Å². The molecule has 1 heterocycles. The predicted octanol–water partition coefficient (Wildman–Crippen LogP) is 4.14. The Morgan fingerprint density at radius 3 is 2.22 bits per heavy atom. The number of likely N-dealkylation sites (tertiary alicyclic amines) is 1. The minimum absolute atomic E-state index is 0.0200. The van der Waals surface area contributed by atoms with Crippen molar-refractivity contribution < 1.29 is 23.5 Å². The fourth-order valence-corrected chi connectivity index (χ4v) is 5.21. The van der Waals surface area contributed by atoms with Crippen LogP contribution in [0.25, 0.3) is 0 Å². The van der Waals surface area contributed by atoms with Gasteiger partial charge in [0.15, 0.2) is 12.1 Å². The summed E-state index contributed by atoms with van der Waals surface area (Å²) in [5.41, 5.74) is 3.22. The van der Waals surface area contributed by atoms with Crippen LogP contribution in [0.3, 0.4) is 0 Å². The Bertz CT molecular complexity index is 969. The summed E-state index contributed by atoms with van der Waals surface area (Å²) in [6.45, 7) is 6.16. The van der Waals surface area contributed by atoms with E-state index in [0.29, 0.717) is 4.48 Å². The van der Waals surface area contributed by atoms with Gasteiger partial charge in [-0.05, 0) is 42.7 Å². The summed E-state index contributed by atoms with van der Waals surface area (Å²) < 4.78 is 11.5. The topological polar surface area (TPSA) is 64.6 Å². The number of nitrogens with zero attached hydrogens (tertiary/aromatic N) is 1. The van der Waals surface area contributed by atoms with Gasteiger partial charge in [-0.1, -0.05) is 30.3 Å². The van der Waals surface area contributed by atoms with E-state index in [-0.39, 0.29) is 25.0 Å². The average Bonchev–Trinajstić information content (AvgIpc) is 3.49. The number of hydrogen-bond donors (Lipinski definition) is 1. The predicted molar refractivity (Wildman–Crippen MR) is 123 cm³/mol. The van der Waals surface area contributed by atoms with Crippen LogP contribution in [0.4, 0.5) is 5.69 Å². The zero-order valence-electron chi connectivity index (χ0n) is 19.3. The van der Waals surface area contributed by atoms with Crippen LogP contribution in [0.2, 0.25) is 0 Å². The summed E-state index contributed by atoms with van der Waals surface area (Å²) in [6.07, 6.45) is 3.67. The van der Waals surface area contributed by atoms with Gasteiger partial charge in [-0.15, -0.1) is 0 Å². The number of ether oxygens (including phenoxy) is 2. The molecule has 2 aliphatic rings. The minimum atomic E-state index is -0.541. The van der Waals surface area contributed by atoms with Gasteiger partial charge >= 0.3 is 5.97 Å². The average molecular weight is 438 g/mol. The van der Waals surface area contributed by atoms with Crippen molar-refractivity contribution in [3.63, 3.8) is 0 Å². The number of hydrogen-bond acceptors (Lipinski definition) is 4. The first-order valence-corrected chi connectivity index (χ1v) is 11.4. The van der Waals surface area contributed by atoms with Crippen LogP contribution in [-0.4, -0.2) is 48.6 Å². The molecule has 1 saturated carbocycles. The highest BCUT2D eigenvalue weighted by Crippen LogP contribution is 2.50. The van der Waals surface area contributed by atoms with Gasteiger partial charge in [0, 0.05) is 31.4 Å². The number of esters is 1. The summed E-state index contributed by atoms with van der Waals surface area (Å²) in [6, 6.07) is 13.6. The van der Waals surface area contributed by atoms with Crippen LogP contribution in [0, 0.1) is 13.8 Å². The molecule has 0 atom stereocenters. The molecule has 2 aromatic rings. The molecule has 1 N–H and O–H groups in total. The van der Waals surface area contributed by atoms with Crippen molar-refractivity contribution in [3.8, 4) is 5.75 Å². The van der Waals surface area contributed by atoms with Gasteiger partial charge in [-0.25, -0.2) is 4.79 Å². The Hall–Kier alpha value is -2.86. The molecule has 0 spiro atoms. The molecule has 0 radical (unpaired) electrons. The lowest BCUT2D eigenvalue weighted by atomic mass is 10.1. The number of anilines is 1. The Labute approximate surface area is 190 Å². The van der Waals surface area contributed by atoms with Crippen molar-refractivity contribution in [2.24, 2.45) is 0 Å². The van der Waals surface area contributed by atoms with Crippen LogP contribution in [-0.2, 0) is 20.9 Å². The van der Waals surface area contributed by atoms with Crippen LogP contribution in [0.1, 0.15) is 42.4 Å². The molecular weight excluding hydrogens is 404 g/mol. The molecule has 0 aromatic heterocycles. The summed E-state index contributed by atoms with van der Waals surface area (Å²) in [4.78, 5) is 26.4. The van der Waals surface area contributed by atoms with E-state index in [2.05, 4.69) is 5.32 Å². The van der Waals surface area contributed by atoms with Gasteiger partial charge < -0.3 is 19.3 Å². The van der Waals surface area contributed by atoms with Gasteiger partial charge in [0.25, 0.3) is 5.91 Å². The molecule has 0 bridgehead atoms. The van der Waals surface area contributed by atoms with Crippen LogP contribution >= 0.6 is 0 Å². The molecule has 1 amide bonds. The molecule has 1 aliphatic carbocycles. The standard InChI is InChI=1S/C26H32N2O4/c1-19-15-22(31-3)16-20(2)24(19)27-25(30)26(11-12-26)28(13-7-8-14-28)17-23(29)32-18-21-9-5-4-6-10-21/h4-6,9-10,15-16H,7-8,11-14,17-18H2,1-3H3/p+1. The maximum Gasteiger partial charge on any atom is 0.362 e. The van der Waals surface area contributed by atoms with Gasteiger partial charge in [0.05, 0.1) is 20.2 Å². The first-order chi connectivity index (χ1) is 15.4. The maximum atomic E-state index is 13.6. The molecule has 0 unspecified atom stereocenters. The van der Waals surface area contributed by atoms with E-state index in [0.717, 1.165) is 66.9 Å².